The van der Waals surface area contributed by atoms with E-state index < -0.39 is 0 Å². The Kier molecular flexibility index (Phi) is 6.08. The van der Waals surface area contributed by atoms with Crippen LogP contribution < -0.4 is 5.32 Å². The van der Waals surface area contributed by atoms with Crippen molar-refractivity contribution in [1.82, 2.24) is 15.1 Å². The third-order valence-corrected chi connectivity index (χ3v) is 6.34. The van der Waals surface area contributed by atoms with Gasteiger partial charge in [-0.1, -0.05) is 37.6 Å². The van der Waals surface area contributed by atoms with Crippen LogP contribution in [0.3, 0.4) is 0 Å². The summed E-state index contributed by atoms with van der Waals surface area (Å²) in [7, 11) is 3.66. The SMILES string of the molecule is CCCCNC(=O)N1CCC2(CC1)C[C@H](CC(=O)N(C)C)c1ccccc12. The summed E-state index contributed by atoms with van der Waals surface area (Å²) in [6, 6.07) is 8.71. The average Bonchev–Trinajstić information content (AvgIpc) is 2.96. The van der Waals surface area contributed by atoms with Crippen molar-refractivity contribution in [2.24, 2.45) is 0 Å². The van der Waals surface area contributed by atoms with E-state index in [0.29, 0.717) is 12.3 Å². The molecule has 3 amide bonds. The summed E-state index contributed by atoms with van der Waals surface area (Å²) in [5.74, 6) is 0.487. The Hall–Kier alpha value is -2.04. The summed E-state index contributed by atoms with van der Waals surface area (Å²) in [6.45, 7) is 4.47. The second-order valence-corrected chi connectivity index (χ2v) is 8.33. The Balaban J connectivity index is 1.69. The van der Waals surface area contributed by atoms with Crippen molar-refractivity contribution in [3.8, 4) is 0 Å². The summed E-state index contributed by atoms with van der Waals surface area (Å²) < 4.78 is 0. The number of amides is 3. The smallest absolute Gasteiger partial charge is 0.317 e. The van der Waals surface area contributed by atoms with Gasteiger partial charge in [0.05, 0.1) is 0 Å². The molecule has 1 aromatic rings. The molecular formula is C22H33N3O2. The molecule has 0 radical (unpaired) electrons. The number of likely N-dealkylation sites (tertiary alicyclic amines) is 1. The van der Waals surface area contributed by atoms with Gasteiger partial charge in [-0.05, 0) is 48.1 Å². The van der Waals surface area contributed by atoms with Gasteiger partial charge in [-0.25, -0.2) is 4.79 Å². The highest BCUT2D eigenvalue weighted by molar-refractivity contribution is 5.77. The number of unbranched alkanes of at least 4 members (excludes halogenated alkanes) is 1. The lowest BCUT2D eigenvalue weighted by Crippen LogP contribution is -2.48. The number of fused-ring (bicyclic) bond motifs is 2. The summed E-state index contributed by atoms with van der Waals surface area (Å²) in [5, 5.41) is 3.04. The highest BCUT2D eigenvalue weighted by Crippen LogP contribution is 2.52. The van der Waals surface area contributed by atoms with Crippen LogP contribution in [0.1, 0.15) is 62.5 Å². The summed E-state index contributed by atoms with van der Waals surface area (Å²) in [6.07, 6.45) is 5.69. The van der Waals surface area contributed by atoms with Crippen LogP contribution in [0, 0.1) is 0 Å². The first-order valence-corrected chi connectivity index (χ1v) is 10.3. The molecule has 5 heteroatoms. The lowest BCUT2D eigenvalue weighted by Gasteiger charge is -2.40. The topological polar surface area (TPSA) is 52.7 Å². The van der Waals surface area contributed by atoms with Crippen molar-refractivity contribution in [2.75, 3.05) is 33.7 Å². The van der Waals surface area contributed by atoms with Gasteiger partial charge in [0.25, 0.3) is 0 Å². The number of urea groups is 1. The summed E-state index contributed by atoms with van der Waals surface area (Å²) in [5.41, 5.74) is 2.87. The predicted octanol–water partition coefficient (Wildman–Crippen LogP) is 3.50. The number of carbonyl (C=O) groups is 2. The van der Waals surface area contributed by atoms with E-state index in [1.165, 1.54) is 11.1 Å². The average molecular weight is 372 g/mol. The van der Waals surface area contributed by atoms with E-state index in [4.69, 9.17) is 0 Å². The van der Waals surface area contributed by atoms with Gasteiger partial charge in [-0.3, -0.25) is 4.79 Å². The van der Waals surface area contributed by atoms with E-state index in [1.54, 1.807) is 4.90 Å². The molecule has 1 N–H and O–H groups in total. The van der Waals surface area contributed by atoms with Gasteiger partial charge >= 0.3 is 6.03 Å². The molecule has 1 heterocycles. The van der Waals surface area contributed by atoms with E-state index in [0.717, 1.165) is 51.7 Å². The maximum Gasteiger partial charge on any atom is 0.317 e. The molecule has 1 aliphatic carbocycles. The number of benzene rings is 1. The Morgan fingerprint density at radius 3 is 2.59 bits per heavy atom. The van der Waals surface area contributed by atoms with Crippen molar-refractivity contribution in [3.05, 3.63) is 35.4 Å². The minimum atomic E-state index is 0.0731. The van der Waals surface area contributed by atoms with Crippen LogP contribution in [-0.4, -0.2) is 55.5 Å². The minimum absolute atomic E-state index is 0.0731. The first kappa shape index (κ1) is 19.7. The standard InChI is InChI=1S/C22H33N3O2/c1-4-5-12-23-21(27)25-13-10-22(11-14-25)16-17(15-20(26)24(2)3)18-8-6-7-9-19(18)22/h6-9,17H,4-5,10-16H2,1-3H3,(H,23,27)/t17-/m0/s1. The fourth-order valence-corrected chi connectivity index (χ4v) is 4.70. The molecule has 1 aromatic carbocycles. The first-order valence-electron chi connectivity index (χ1n) is 10.3. The van der Waals surface area contributed by atoms with E-state index in [9.17, 15) is 9.59 Å². The fraction of sp³-hybridized carbons (Fsp3) is 0.636. The van der Waals surface area contributed by atoms with Crippen molar-refractivity contribution in [1.29, 1.82) is 0 Å². The molecule has 0 bridgehead atoms. The zero-order chi connectivity index (χ0) is 19.4. The Morgan fingerprint density at radius 1 is 1.22 bits per heavy atom. The van der Waals surface area contributed by atoms with Gasteiger partial charge in [0.15, 0.2) is 0 Å². The second kappa shape index (κ2) is 8.32. The van der Waals surface area contributed by atoms with Gasteiger partial charge in [0.1, 0.15) is 0 Å². The molecule has 0 unspecified atom stereocenters. The van der Waals surface area contributed by atoms with Crippen molar-refractivity contribution >= 4 is 11.9 Å². The fourth-order valence-electron chi connectivity index (χ4n) is 4.70. The van der Waals surface area contributed by atoms with Gasteiger partial charge in [0, 0.05) is 40.2 Å². The highest BCUT2D eigenvalue weighted by Gasteiger charge is 2.46. The molecular weight excluding hydrogens is 338 g/mol. The third kappa shape index (κ3) is 4.12. The number of carbonyl (C=O) groups excluding carboxylic acids is 2. The Labute approximate surface area is 163 Å². The molecule has 1 spiro atoms. The van der Waals surface area contributed by atoms with Crippen LogP contribution in [0.2, 0.25) is 0 Å². The number of rotatable bonds is 5. The van der Waals surface area contributed by atoms with Crippen molar-refractivity contribution in [3.63, 3.8) is 0 Å². The van der Waals surface area contributed by atoms with Crippen LogP contribution in [-0.2, 0) is 10.2 Å². The van der Waals surface area contributed by atoms with Crippen molar-refractivity contribution < 1.29 is 9.59 Å². The highest BCUT2D eigenvalue weighted by atomic mass is 16.2. The van der Waals surface area contributed by atoms with E-state index in [-0.39, 0.29) is 17.4 Å². The summed E-state index contributed by atoms with van der Waals surface area (Å²) in [4.78, 5) is 28.3. The molecule has 0 aromatic heterocycles. The predicted molar refractivity (Wildman–Crippen MR) is 108 cm³/mol. The zero-order valence-corrected chi connectivity index (χ0v) is 17.0. The minimum Gasteiger partial charge on any atom is -0.349 e. The number of nitrogens with zero attached hydrogens (tertiary/aromatic N) is 2. The molecule has 3 rings (SSSR count). The Bertz CT molecular complexity index is 678. The first-order chi connectivity index (χ1) is 13.0. The molecule has 1 saturated heterocycles. The third-order valence-electron chi connectivity index (χ3n) is 6.34. The number of hydrogen-bond acceptors (Lipinski definition) is 2. The molecule has 27 heavy (non-hydrogen) atoms. The molecule has 1 aliphatic heterocycles. The Morgan fingerprint density at radius 2 is 1.93 bits per heavy atom. The maximum absolute atomic E-state index is 12.4. The van der Waals surface area contributed by atoms with Gasteiger partial charge in [-0.2, -0.15) is 0 Å². The zero-order valence-electron chi connectivity index (χ0n) is 17.0. The lowest BCUT2D eigenvalue weighted by atomic mass is 9.73. The van der Waals surface area contributed by atoms with Crippen LogP contribution in [0.4, 0.5) is 4.79 Å². The number of hydrogen-bond donors (Lipinski definition) is 1. The quantitative estimate of drug-likeness (QED) is 0.806. The van der Waals surface area contributed by atoms with Gasteiger partial charge < -0.3 is 15.1 Å². The molecule has 2 aliphatic rings. The molecule has 5 nitrogen and oxygen atoms in total. The molecule has 1 fully saturated rings. The molecule has 1 atom stereocenters. The van der Waals surface area contributed by atoms with E-state index in [2.05, 4.69) is 36.5 Å². The van der Waals surface area contributed by atoms with Crippen molar-refractivity contribution in [2.45, 2.75) is 56.8 Å². The lowest BCUT2D eigenvalue weighted by molar-refractivity contribution is -0.129. The van der Waals surface area contributed by atoms with Crippen LogP contribution in [0.5, 0.6) is 0 Å². The largest absolute Gasteiger partial charge is 0.349 e. The maximum atomic E-state index is 12.4. The monoisotopic (exact) mass is 371 g/mol. The van der Waals surface area contributed by atoms with E-state index >= 15 is 0 Å². The van der Waals surface area contributed by atoms with Gasteiger partial charge in [0.2, 0.25) is 5.91 Å². The van der Waals surface area contributed by atoms with Crippen LogP contribution in [0.25, 0.3) is 0 Å². The number of nitrogens with one attached hydrogen (secondary N) is 1. The van der Waals surface area contributed by atoms with Crippen LogP contribution in [0.15, 0.2) is 24.3 Å². The second-order valence-electron chi connectivity index (χ2n) is 8.33. The normalized spacial score (nSPS) is 20.4. The van der Waals surface area contributed by atoms with E-state index in [1.807, 2.05) is 19.0 Å². The number of piperidine rings is 1. The molecule has 0 saturated carbocycles. The van der Waals surface area contributed by atoms with Gasteiger partial charge in [-0.15, -0.1) is 0 Å². The molecule has 148 valence electrons. The van der Waals surface area contributed by atoms with Crippen LogP contribution >= 0.6 is 0 Å². The summed E-state index contributed by atoms with van der Waals surface area (Å²) >= 11 is 0.